The molecule has 0 fully saturated rings. The molecule has 138 valence electrons. The second-order valence-electron chi connectivity index (χ2n) is 5.29. The Morgan fingerprint density at radius 2 is 1.88 bits per heavy atom. The Morgan fingerprint density at radius 1 is 1.19 bits per heavy atom. The second-order valence-corrected chi connectivity index (χ2v) is 6.50. The van der Waals surface area contributed by atoms with Gasteiger partial charge in [0.1, 0.15) is 23.7 Å². The Morgan fingerprint density at radius 3 is 2.54 bits per heavy atom. The first-order chi connectivity index (χ1) is 12.6. The van der Waals surface area contributed by atoms with Gasteiger partial charge in [0.15, 0.2) is 0 Å². The number of carbonyl (C=O) groups excluding carboxylic acids is 1. The summed E-state index contributed by atoms with van der Waals surface area (Å²) < 4.78 is 5.03. The van der Waals surface area contributed by atoms with Gasteiger partial charge in [0.05, 0.1) is 12.8 Å². The number of carbonyl (C=O) groups is 1. The van der Waals surface area contributed by atoms with Crippen LogP contribution in [0.2, 0.25) is 0 Å². The van der Waals surface area contributed by atoms with Crippen molar-refractivity contribution in [1.82, 2.24) is 0 Å². The molecule has 2 atom stereocenters. The molecule has 0 bridgehead atoms. The number of aliphatic hydroxyl groups is 1. The number of ether oxygens (including phenoxy) is 1. The number of rotatable bonds is 9. The monoisotopic (exact) mass is 375 g/mol. The summed E-state index contributed by atoms with van der Waals surface area (Å²) in [5.74, 6) is -0.425. The minimum absolute atomic E-state index is 0.124. The second kappa shape index (κ2) is 10.5. The SMILES string of the molecule is CCOC(=O)[C@@H](Sc1ccc(O)cc1)[C@@H](O)/C=N/OCc1ccccc1. The van der Waals surface area contributed by atoms with Gasteiger partial charge in [-0.05, 0) is 36.8 Å². The first kappa shape index (κ1) is 19.8. The topological polar surface area (TPSA) is 88.4 Å². The van der Waals surface area contributed by atoms with E-state index in [1.807, 2.05) is 30.3 Å². The maximum atomic E-state index is 12.2. The molecule has 2 aromatic rings. The summed E-state index contributed by atoms with van der Waals surface area (Å²) in [6, 6.07) is 15.8. The molecule has 6 nitrogen and oxygen atoms in total. The van der Waals surface area contributed by atoms with Gasteiger partial charge in [-0.2, -0.15) is 0 Å². The molecule has 7 heteroatoms. The van der Waals surface area contributed by atoms with Gasteiger partial charge in [-0.15, -0.1) is 11.8 Å². The third-order valence-corrected chi connectivity index (χ3v) is 4.56. The van der Waals surface area contributed by atoms with Crippen LogP contribution in [0.25, 0.3) is 0 Å². The maximum Gasteiger partial charge on any atom is 0.322 e. The lowest BCUT2D eigenvalue weighted by Crippen LogP contribution is -2.34. The minimum Gasteiger partial charge on any atom is -0.508 e. The van der Waals surface area contributed by atoms with Gasteiger partial charge in [-0.3, -0.25) is 4.79 Å². The number of esters is 1. The highest BCUT2D eigenvalue weighted by Crippen LogP contribution is 2.27. The average Bonchev–Trinajstić information content (AvgIpc) is 2.65. The van der Waals surface area contributed by atoms with Crippen LogP contribution in [0.1, 0.15) is 12.5 Å². The first-order valence-electron chi connectivity index (χ1n) is 8.10. The summed E-state index contributed by atoms with van der Waals surface area (Å²) in [5.41, 5.74) is 0.944. The van der Waals surface area contributed by atoms with Gasteiger partial charge in [0.25, 0.3) is 0 Å². The number of benzene rings is 2. The summed E-state index contributed by atoms with van der Waals surface area (Å²) >= 11 is 1.13. The van der Waals surface area contributed by atoms with Crippen LogP contribution in [-0.2, 0) is 21.0 Å². The van der Waals surface area contributed by atoms with Gasteiger partial charge in [0, 0.05) is 4.90 Å². The zero-order valence-corrected chi connectivity index (χ0v) is 15.1. The number of phenolic OH excluding ortho intramolecular Hbond substituents is 1. The molecule has 2 rings (SSSR count). The average molecular weight is 375 g/mol. The lowest BCUT2D eigenvalue weighted by molar-refractivity contribution is -0.143. The van der Waals surface area contributed by atoms with Gasteiger partial charge >= 0.3 is 5.97 Å². The zero-order valence-electron chi connectivity index (χ0n) is 14.3. The lowest BCUT2D eigenvalue weighted by atomic mass is 10.2. The Hall–Kier alpha value is -2.51. The Labute approximate surface area is 156 Å². The maximum absolute atomic E-state index is 12.2. The van der Waals surface area contributed by atoms with Crippen LogP contribution in [-0.4, -0.2) is 40.4 Å². The molecule has 26 heavy (non-hydrogen) atoms. The number of hydrogen-bond acceptors (Lipinski definition) is 7. The molecule has 0 heterocycles. The summed E-state index contributed by atoms with van der Waals surface area (Å²) in [6.07, 6.45) is -0.0126. The fraction of sp³-hybridized carbons (Fsp3) is 0.263. The minimum atomic E-state index is -1.19. The van der Waals surface area contributed by atoms with Gasteiger partial charge in [-0.25, -0.2) is 0 Å². The summed E-state index contributed by atoms with van der Waals surface area (Å²) in [5, 5.41) is 22.5. The quantitative estimate of drug-likeness (QED) is 0.303. The number of aromatic hydroxyl groups is 1. The van der Waals surface area contributed by atoms with E-state index in [1.54, 1.807) is 19.1 Å². The number of phenols is 1. The highest BCUT2D eigenvalue weighted by atomic mass is 32.2. The van der Waals surface area contributed by atoms with E-state index in [9.17, 15) is 15.0 Å². The van der Waals surface area contributed by atoms with E-state index in [4.69, 9.17) is 9.57 Å². The van der Waals surface area contributed by atoms with Gasteiger partial charge < -0.3 is 19.8 Å². The number of oxime groups is 1. The van der Waals surface area contributed by atoms with Crippen LogP contribution in [0.5, 0.6) is 5.75 Å². The molecular weight excluding hydrogens is 354 g/mol. The Balaban J connectivity index is 1.97. The standard InChI is InChI=1S/C19H21NO5S/c1-2-24-19(23)18(26-16-10-8-15(21)9-11-16)17(22)12-20-25-13-14-6-4-3-5-7-14/h3-12,17-18,21-22H,2,13H2,1H3/b20-12+/t17-,18-/m0/s1. The summed E-state index contributed by atoms with van der Waals surface area (Å²) in [6.45, 7) is 2.17. The predicted octanol–water partition coefficient (Wildman–Crippen LogP) is 2.98. The van der Waals surface area contributed by atoms with Crippen molar-refractivity contribution in [3.05, 3.63) is 60.2 Å². The van der Waals surface area contributed by atoms with Crippen LogP contribution < -0.4 is 0 Å². The third-order valence-electron chi connectivity index (χ3n) is 3.29. The van der Waals surface area contributed by atoms with E-state index in [1.165, 1.54) is 18.3 Å². The van der Waals surface area contributed by atoms with E-state index in [-0.39, 0.29) is 19.0 Å². The first-order valence-corrected chi connectivity index (χ1v) is 8.98. The van der Waals surface area contributed by atoms with Gasteiger partial charge in [0.2, 0.25) is 0 Å². The van der Waals surface area contributed by atoms with E-state index < -0.39 is 17.3 Å². The van der Waals surface area contributed by atoms with E-state index in [0.717, 1.165) is 17.3 Å². The number of thioether (sulfide) groups is 1. The predicted molar refractivity (Wildman–Crippen MR) is 100 cm³/mol. The smallest absolute Gasteiger partial charge is 0.322 e. The summed E-state index contributed by atoms with van der Waals surface area (Å²) in [4.78, 5) is 18.0. The van der Waals surface area contributed by atoms with Crippen molar-refractivity contribution in [2.24, 2.45) is 5.16 Å². The zero-order chi connectivity index (χ0) is 18.8. The fourth-order valence-corrected chi connectivity index (χ4v) is 2.98. The molecular formula is C19H21NO5S. The molecule has 0 saturated heterocycles. The lowest BCUT2D eigenvalue weighted by Gasteiger charge is -2.18. The van der Waals surface area contributed by atoms with Crippen molar-refractivity contribution >= 4 is 23.9 Å². The van der Waals surface area contributed by atoms with Gasteiger partial charge in [-0.1, -0.05) is 35.5 Å². The van der Waals surface area contributed by atoms with Crippen molar-refractivity contribution < 1.29 is 24.6 Å². The molecule has 0 saturated carbocycles. The number of aliphatic hydroxyl groups excluding tert-OH is 1. The highest BCUT2D eigenvalue weighted by molar-refractivity contribution is 8.00. The van der Waals surface area contributed by atoms with Crippen molar-refractivity contribution in [1.29, 1.82) is 0 Å². The molecule has 0 aliphatic rings. The van der Waals surface area contributed by atoms with Crippen molar-refractivity contribution in [3.8, 4) is 5.75 Å². The third kappa shape index (κ3) is 6.42. The molecule has 0 aromatic heterocycles. The van der Waals surface area contributed by atoms with Crippen molar-refractivity contribution in [2.45, 2.75) is 29.8 Å². The molecule has 0 aliphatic carbocycles. The Kier molecular flexibility index (Phi) is 7.98. The number of nitrogens with zero attached hydrogens (tertiary/aromatic N) is 1. The van der Waals surface area contributed by atoms with E-state index >= 15 is 0 Å². The van der Waals surface area contributed by atoms with Crippen LogP contribution in [0.15, 0.2) is 64.6 Å². The molecule has 0 spiro atoms. The van der Waals surface area contributed by atoms with Crippen LogP contribution in [0.3, 0.4) is 0 Å². The van der Waals surface area contributed by atoms with E-state index in [0.29, 0.717) is 4.90 Å². The van der Waals surface area contributed by atoms with Crippen LogP contribution in [0, 0.1) is 0 Å². The fourth-order valence-electron chi connectivity index (χ4n) is 2.02. The molecule has 2 N–H and O–H groups in total. The molecule has 0 unspecified atom stereocenters. The molecule has 0 aliphatic heterocycles. The number of hydrogen-bond donors (Lipinski definition) is 2. The largest absolute Gasteiger partial charge is 0.508 e. The molecule has 0 radical (unpaired) electrons. The highest BCUT2D eigenvalue weighted by Gasteiger charge is 2.28. The van der Waals surface area contributed by atoms with Crippen LogP contribution in [0.4, 0.5) is 0 Å². The van der Waals surface area contributed by atoms with Crippen LogP contribution >= 0.6 is 11.8 Å². The molecule has 0 amide bonds. The van der Waals surface area contributed by atoms with E-state index in [2.05, 4.69) is 5.16 Å². The molecule has 2 aromatic carbocycles. The normalized spacial score (nSPS) is 13.3. The Bertz CT molecular complexity index is 706. The summed E-state index contributed by atoms with van der Waals surface area (Å²) in [7, 11) is 0. The van der Waals surface area contributed by atoms with Crippen molar-refractivity contribution in [2.75, 3.05) is 6.61 Å². The van der Waals surface area contributed by atoms with Crippen molar-refractivity contribution in [3.63, 3.8) is 0 Å².